The standard InChI is InChI=1S/C19H37N5O2.HI/c1-4-26-19(25)24-13-10-16(11-14-24)22-18(20-2)21-12-15-23(3)17-8-6-5-7-9-17;/h16-17H,4-15H2,1-3H3,(H2,20,21,22);1H. The van der Waals surface area contributed by atoms with Gasteiger partial charge < -0.3 is 25.2 Å². The van der Waals surface area contributed by atoms with Crippen LogP contribution in [0.2, 0.25) is 0 Å². The predicted molar refractivity (Wildman–Crippen MR) is 121 cm³/mol. The fourth-order valence-electron chi connectivity index (χ4n) is 3.86. The van der Waals surface area contributed by atoms with Crippen LogP contribution >= 0.6 is 24.0 Å². The highest BCUT2D eigenvalue weighted by Gasteiger charge is 2.24. The maximum atomic E-state index is 11.8. The summed E-state index contributed by atoms with van der Waals surface area (Å²) in [6.45, 7) is 5.67. The summed E-state index contributed by atoms with van der Waals surface area (Å²) >= 11 is 0. The molecule has 7 nitrogen and oxygen atoms in total. The Morgan fingerprint density at radius 1 is 1.19 bits per heavy atom. The van der Waals surface area contributed by atoms with E-state index in [1.54, 1.807) is 4.90 Å². The molecule has 1 amide bonds. The number of ether oxygens (including phenoxy) is 1. The molecule has 1 heterocycles. The van der Waals surface area contributed by atoms with Crippen molar-refractivity contribution >= 4 is 36.0 Å². The number of rotatable bonds is 6. The Morgan fingerprint density at radius 2 is 1.85 bits per heavy atom. The number of hydrogen-bond acceptors (Lipinski definition) is 4. The molecule has 1 aliphatic carbocycles. The van der Waals surface area contributed by atoms with Crippen LogP contribution in [-0.2, 0) is 4.74 Å². The molecule has 0 aromatic carbocycles. The van der Waals surface area contributed by atoms with Gasteiger partial charge in [0.25, 0.3) is 0 Å². The van der Waals surface area contributed by atoms with E-state index >= 15 is 0 Å². The molecule has 2 fully saturated rings. The maximum Gasteiger partial charge on any atom is 0.409 e. The van der Waals surface area contributed by atoms with Gasteiger partial charge in [-0.15, -0.1) is 24.0 Å². The average molecular weight is 495 g/mol. The highest BCUT2D eigenvalue weighted by molar-refractivity contribution is 14.0. The van der Waals surface area contributed by atoms with Crippen molar-refractivity contribution in [1.29, 1.82) is 0 Å². The fourth-order valence-corrected chi connectivity index (χ4v) is 3.86. The first-order valence-corrected chi connectivity index (χ1v) is 10.2. The summed E-state index contributed by atoms with van der Waals surface area (Å²) in [6, 6.07) is 1.09. The minimum absolute atomic E-state index is 0. The molecule has 158 valence electrons. The number of halogens is 1. The number of nitrogens with one attached hydrogen (secondary N) is 2. The Bertz CT molecular complexity index is 449. The normalized spacial score (nSPS) is 19.6. The topological polar surface area (TPSA) is 69.2 Å². The largest absolute Gasteiger partial charge is 0.450 e. The van der Waals surface area contributed by atoms with E-state index in [1.807, 2.05) is 14.0 Å². The molecule has 0 radical (unpaired) electrons. The van der Waals surface area contributed by atoms with E-state index in [9.17, 15) is 4.79 Å². The monoisotopic (exact) mass is 495 g/mol. The first-order chi connectivity index (χ1) is 12.6. The van der Waals surface area contributed by atoms with Crippen LogP contribution < -0.4 is 10.6 Å². The number of carbonyl (C=O) groups excluding carboxylic acids is 1. The van der Waals surface area contributed by atoms with Gasteiger partial charge in [0.2, 0.25) is 0 Å². The molecule has 2 aliphatic rings. The van der Waals surface area contributed by atoms with E-state index in [0.29, 0.717) is 12.6 Å². The smallest absolute Gasteiger partial charge is 0.409 e. The van der Waals surface area contributed by atoms with Gasteiger partial charge in [-0.05, 0) is 39.7 Å². The van der Waals surface area contributed by atoms with Crippen molar-refractivity contribution in [3.8, 4) is 0 Å². The molecule has 2 rings (SSSR count). The van der Waals surface area contributed by atoms with Gasteiger partial charge in [0.05, 0.1) is 6.61 Å². The minimum Gasteiger partial charge on any atom is -0.450 e. The second-order valence-corrected chi connectivity index (χ2v) is 7.38. The molecule has 0 unspecified atom stereocenters. The van der Waals surface area contributed by atoms with Crippen molar-refractivity contribution in [2.24, 2.45) is 4.99 Å². The van der Waals surface area contributed by atoms with Gasteiger partial charge in [-0.1, -0.05) is 19.3 Å². The lowest BCUT2D eigenvalue weighted by Gasteiger charge is -2.33. The average Bonchev–Trinajstić information content (AvgIpc) is 2.68. The molecule has 27 heavy (non-hydrogen) atoms. The zero-order valence-corrected chi connectivity index (χ0v) is 19.5. The summed E-state index contributed by atoms with van der Waals surface area (Å²) in [5.74, 6) is 0.858. The second-order valence-electron chi connectivity index (χ2n) is 7.38. The Labute approximate surface area is 181 Å². The Morgan fingerprint density at radius 3 is 2.44 bits per heavy atom. The number of hydrogen-bond donors (Lipinski definition) is 2. The molecule has 0 atom stereocenters. The summed E-state index contributed by atoms with van der Waals surface area (Å²) in [5.41, 5.74) is 0. The van der Waals surface area contributed by atoms with Crippen LogP contribution in [0.15, 0.2) is 4.99 Å². The third-order valence-electron chi connectivity index (χ3n) is 5.54. The van der Waals surface area contributed by atoms with Gasteiger partial charge >= 0.3 is 6.09 Å². The number of likely N-dealkylation sites (tertiary alicyclic amines) is 1. The zero-order chi connectivity index (χ0) is 18.8. The van der Waals surface area contributed by atoms with E-state index in [2.05, 4.69) is 27.6 Å². The predicted octanol–water partition coefficient (Wildman–Crippen LogP) is 2.65. The van der Waals surface area contributed by atoms with Gasteiger partial charge in [0.15, 0.2) is 5.96 Å². The summed E-state index contributed by atoms with van der Waals surface area (Å²) in [7, 11) is 4.05. The van der Waals surface area contributed by atoms with E-state index in [1.165, 1.54) is 32.1 Å². The van der Waals surface area contributed by atoms with Crippen molar-refractivity contribution in [3.63, 3.8) is 0 Å². The Balaban J connectivity index is 0.00000364. The highest BCUT2D eigenvalue weighted by Crippen LogP contribution is 2.21. The lowest BCUT2D eigenvalue weighted by molar-refractivity contribution is 0.0963. The maximum absolute atomic E-state index is 11.8. The quantitative estimate of drug-likeness (QED) is 0.337. The van der Waals surface area contributed by atoms with Crippen molar-refractivity contribution in [3.05, 3.63) is 0 Å². The van der Waals surface area contributed by atoms with Crippen LogP contribution in [0.5, 0.6) is 0 Å². The van der Waals surface area contributed by atoms with Gasteiger partial charge in [-0.2, -0.15) is 0 Å². The van der Waals surface area contributed by atoms with Crippen LogP contribution in [0.4, 0.5) is 4.79 Å². The van der Waals surface area contributed by atoms with Gasteiger partial charge in [0, 0.05) is 45.3 Å². The molecular formula is C19H38IN5O2. The number of nitrogens with zero attached hydrogens (tertiary/aromatic N) is 3. The molecule has 8 heteroatoms. The summed E-state index contributed by atoms with van der Waals surface area (Å²) in [6.07, 6.45) is 8.45. The number of aliphatic imine (C=N–C) groups is 1. The van der Waals surface area contributed by atoms with Crippen LogP contribution in [0, 0.1) is 0 Å². The molecule has 2 N–H and O–H groups in total. The Kier molecular flexibility index (Phi) is 12.1. The lowest BCUT2D eigenvalue weighted by atomic mass is 9.94. The third kappa shape index (κ3) is 8.41. The number of amides is 1. The van der Waals surface area contributed by atoms with Gasteiger partial charge in [-0.25, -0.2) is 4.79 Å². The summed E-state index contributed by atoms with van der Waals surface area (Å²) < 4.78 is 5.07. The van der Waals surface area contributed by atoms with Gasteiger partial charge in [0.1, 0.15) is 0 Å². The molecule has 1 saturated heterocycles. The first kappa shape index (κ1) is 24.3. The fraction of sp³-hybridized carbons (Fsp3) is 0.895. The van der Waals surface area contributed by atoms with E-state index in [0.717, 1.165) is 51.0 Å². The van der Waals surface area contributed by atoms with Crippen molar-refractivity contribution in [2.45, 2.75) is 64.0 Å². The molecule has 0 bridgehead atoms. The van der Waals surface area contributed by atoms with Crippen LogP contribution in [0.25, 0.3) is 0 Å². The summed E-state index contributed by atoms with van der Waals surface area (Å²) in [5, 5.41) is 6.92. The van der Waals surface area contributed by atoms with E-state index < -0.39 is 0 Å². The van der Waals surface area contributed by atoms with Crippen LogP contribution in [-0.4, -0.2) is 80.8 Å². The SMILES string of the molecule is CCOC(=O)N1CCC(NC(=NC)NCCN(C)C2CCCCC2)CC1.I. The molecule has 1 aliphatic heterocycles. The number of guanidine groups is 1. The van der Waals surface area contributed by atoms with E-state index in [-0.39, 0.29) is 30.1 Å². The van der Waals surface area contributed by atoms with Crippen LogP contribution in [0.3, 0.4) is 0 Å². The molecular weight excluding hydrogens is 457 g/mol. The lowest BCUT2D eigenvalue weighted by Crippen LogP contribution is -2.51. The molecule has 0 aromatic heterocycles. The highest BCUT2D eigenvalue weighted by atomic mass is 127. The van der Waals surface area contributed by atoms with Crippen molar-refractivity contribution in [2.75, 3.05) is 46.9 Å². The Hall–Kier alpha value is -0.770. The number of likely N-dealkylation sites (N-methyl/N-ethyl adjacent to an activating group) is 1. The second kappa shape index (κ2) is 13.4. The number of carbonyl (C=O) groups is 1. The number of piperidine rings is 1. The third-order valence-corrected chi connectivity index (χ3v) is 5.54. The molecule has 1 saturated carbocycles. The van der Waals surface area contributed by atoms with Gasteiger partial charge in [-0.3, -0.25) is 4.99 Å². The van der Waals surface area contributed by atoms with Crippen LogP contribution in [0.1, 0.15) is 51.9 Å². The zero-order valence-electron chi connectivity index (χ0n) is 17.2. The first-order valence-electron chi connectivity index (χ1n) is 10.2. The molecule has 0 aromatic rings. The molecule has 0 spiro atoms. The minimum atomic E-state index is -0.195. The van der Waals surface area contributed by atoms with Crippen molar-refractivity contribution < 1.29 is 9.53 Å². The van der Waals surface area contributed by atoms with Crippen molar-refractivity contribution in [1.82, 2.24) is 20.4 Å². The summed E-state index contributed by atoms with van der Waals surface area (Å²) in [4.78, 5) is 20.4. The van der Waals surface area contributed by atoms with E-state index in [4.69, 9.17) is 4.74 Å².